The molecular formula is C16H22IN3O. The summed E-state index contributed by atoms with van der Waals surface area (Å²) in [5, 5.41) is 6.66. The molecular weight excluding hydrogens is 377 g/mol. The van der Waals surface area contributed by atoms with Crippen LogP contribution in [-0.2, 0) is 4.79 Å². The summed E-state index contributed by atoms with van der Waals surface area (Å²) in [6.45, 7) is 0.467. The van der Waals surface area contributed by atoms with E-state index in [9.17, 15) is 4.79 Å². The summed E-state index contributed by atoms with van der Waals surface area (Å²) in [5.74, 6) is 0.0764. The standard InChI is InChI=1S/C16H22IN3O/c1-20(13-8-11-6-7-12(9-13)18-11)10-16(21)19-15-5-3-2-4-14(15)17/h2-5,11-13,18H,6-10H2,1H3,(H,19,21). The van der Waals surface area contributed by atoms with E-state index in [2.05, 4.69) is 45.2 Å². The molecule has 2 N–H and O–H groups in total. The molecule has 0 radical (unpaired) electrons. The lowest BCUT2D eigenvalue weighted by atomic mass is 9.98. The van der Waals surface area contributed by atoms with Gasteiger partial charge in [0, 0.05) is 21.7 Å². The second-order valence-corrected chi connectivity index (χ2v) is 7.37. The van der Waals surface area contributed by atoms with Crippen LogP contribution in [0.1, 0.15) is 25.7 Å². The Balaban J connectivity index is 1.54. The number of para-hydroxylation sites is 1. The SMILES string of the molecule is CN(CC(=O)Nc1ccccc1I)C1CC2CCC(C1)N2. The van der Waals surface area contributed by atoms with Gasteiger partial charge in [-0.1, -0.05) is 12.1 Å². The first-order valence-electron chi connectivity index (χ1n) is 7.62. The van der Waals surface area contributed by atoms with Crippen LogP contribution < -0.4 is 10.6 Å². The van der Waals surface area contributed by atoms with Crippen molar-refractivity contribution in [2.45, 2.75) is 43.8 Å². The average Bonchev–Trinajstić information content (AvgIpc) is 2.80. The smallest absolute Gasteiger partial charge is 0.238 e. The molecule has 5 heteroatoms. The minimum atomic E-state index is 0.0764. The highest BCUT2D eigenvalue weighted by atomic mass is 127. The molecule has 2 saturated heterocycles. The highest BCUT2D eigenvalue weighted by molar-refractivity contribution is 14.1. The molecule has 1 aromatic rings. The third kappa shape index (κ3) is 3.76. The summed E-state index contributed by atoms with van der Waals surface area (Å²) < 4.78 is 1.08. The lowest BCUT2D eigenvalue weighted by Crippen LogP contribution is -2.48. The van der Waals surface area contributed by atoms with Gasteiger partial charge < -0.3 is 10.6 Å². The van der Waals surface area contributed by atoms with Crippen molar-refractivity contribution in [3.63, 3.8) is 0 Å². The van der Waals surface area contributed by atoms with Crippen LogP contribution in [-0.4, -0.2) is 42.5 Å². The average molecular weight is 399 g/mol. The Morgan fingerprint density at radius 1 is 1.33 bits per heavy atom. The number of rotatable bonds is 4. The molecule has 0 aliphatic carbocycles. The number of amides is 1. The number of halogens is 1. The van der Waals surface area contributed by atoms with E-state index in [4.69, 9.17) is 0 Å². The zero-order valence-electron chi connectivity index (χ0n) is 12.3. The van der Waals surface area contributed by atoms with Crippen molar-refractivity contribution in [2.75, 3.05) is 18.9 Å². The van der Waals surface area contributed by atoms with Crippen LogP contribution in [0.25, 0.3) is 0 Å². The van der Waals surface area contributed by atoms with Crippen LogP contribution in [0.15, 0.2) is 24.3 Å². The number of carbonyl (C=O) groups is 1. The van der Waals surface area contributed by atoms with Crippen molar-refractivity contribution in [3.05, 3.63) is 27.8 Å². The summed E-state index contributed by atoms with van der Waals surface area (Å²) >= 11 is 2.25. The van der Waals surface area contributed by atoms with E-state index >= 15 is 0 Å². The number of hydrogen-bond donors (Lipinski definition) is 2. The zero-order valence-corrected chi connectivity index (χ0v) is 14.5. The first kappa shape index (κ1) is 15.2. The van der Waals surface area contributed by atoms with Crippen LogP contribution in [0.5, 0.6) is 0 Å². The topological polar surface area (TPSA) is 44.4 Å². The van der Waals surface area contributed by atoms with Gasteiger partial charge in [0.25, 0.3) is 0 Å². The summed E-state index contributed by atoms with van der Waals surface area (Å²) in [6.07, 6.45) is 4.93. The second kappa shape index (κ2) is 6.62. The molecule has 4 nitrogen and oxygen atoms in total. The first-order chi connectivity index (χ1) is 10.1. The Morgan fingerprint density at radius 3 is 2.67 bits per heavy atom. The Kier molecular flexibility index (Phi) is 4.81. The molecule has 1 aromatic carbocycles. The first-order valence-corrected chi connectivity index (χ1v) is 8.70. The van der Waals surface area contributed by atoms with Crippen molar-refractivity contribution in [1.29, 1.82) is 0 Å². The van der Waals surface area contributed by atoms with Gasteiger partial charge in [-0.25, -0.2) is 0 Å². The van der Waals surface area contributed by atoms with E-state index in [0.29, 0.717) is 24.7 Å². The molecule has 0 aromatic heterocycles. The van der Waals surface area contributed by atoms with Gasteiger partial charge in [0.1, 0.15) is 0 Å². The number of likely N-dealkylation sites (N-methyl/N-ethyl adjacent to an activating group) is 1. The Labute approximate surface area is 139 Å². The van der Waals surface area contributed by atoms with Gasteiger partial charge in [-0.05, 0) is 67.5 Å². The maximum atomic E-state index is 12.2. The molecule has 0 spiro atoms. The third-order valence-electron chi connectivity index (χ3n) is 4.61. The predicted molar refractivity (Wildman–Crippen MR) is 93.4 cm³/mol. The lowest BCUT2D eigenvalue weighted by Gasteiger charge is -2.35. The summed E-state index contributed by atoms with van der Waals surface area (Å²) in [6, 6.07) is 9.74. The molecule has 2 aliphatic heterocycles. The number of benzene rings is 1. The van der Waals surface area contributed by atoms with Gasteiger partial charge in [0.2, 0.25) is 5.91 Å². The number of anilines is 1. The van der Waals surface area contributed by atoms with E-state index in [1.807, 2.05) is 24.3 Å². The van der Waals surface area contributed by atoms with Gasteiger partial charge >= 0.3 is 0 Å². The minimum Gasteiger partial charge on any atom is -0.324 e. The second-order valence-electron chi connectivity index (χ2n) is 6.21. The fraction of sp³-hybridized carbons (Fsp3) is 0.562. The largest absolute Gasteiger partial charge is 0.324 e. The highest BCUT2D eigenvalue weighted by Crippen LogP contribution is 2.29. The number of nitrogens with zero attached hydrogens (tertiary/aromatic N) is 1. The molecule has 114 valence electrons. The molecule has 2 heterocycles. The minimum absolute atomic E-state index is 0.0764. The molecule has 2 unspecified atom stereocenters. The fourth-order valence-electron chi connectivity index (χ4n) is 3.50. The number of fused-ring (bicyclic) bond motifs is 2. The Bertz CT molecular complexity index is 510. The summed E-state index contributed by atoms with van der Waals surface area (Å²) in [5.41, 5.74) is 0.905. The monoisotopic (exact) mass is 399 g/mol. The van der Waals surface area contributed by atoms with Crippen LogP contribution in [0.2, 0.25) is 0 Å². The molecule has 2 aliphatic rings. The highest BCUT2D eigenvalue weighted by Gasteiger charge is 2.35. The van der Waals surface area contributed by atoms with E-state index in [-0.39, 0.29) is 5.91 Å². The maximum absolute atomic E-state index is 12.2. The zero-order chi connectivity index (χ0) is 14.8. The van der Waals surface area contributed by atoms with E-state index < -0.39 is 0 Å². The maximum Gasteiger partial charge on any atom is 0.238 e. The van der Waals surface area contributed by atoms with Crippen molar-refractivity contribution in [2.24, 2.45) is 0 Å². The molecule has 2 bridgehead atoms. The van der Waals surface area contributed by atoms with Crippen LogP contribution >= 0.6 is 22.6 Å². The number of carbonyl (C=O) groups excluding carboxylic acids is 1. The van der Waals surface area contributed by atoms with E-state index in [1.165, 1.54) is 25.7 Å². The normalized spacial score (nSPS) is 27.9. The van der Waals surface area contributed by atoms with Crippen molar-refractivity contribution < 1.29 is 4.79 Å². The molecule has 21 heavy (non-hydrogen) atoms. The summed E-state index contributed by atoms with van der Waals surface area (Å²) in [7, 11) is 2.07. The molecule has 0 saturated carbocycles. The van der Waals surface area contributed by atoms with Gasteiger partial charge in [0.05, 0.1) is 12.2 Å². The van der Waals surface area contributed by atoms with Gasteiger partial charge in [-0.2, -0.15) is 0 Å². The van der Waals surface area contributed by atoms with Crippen molar-refractivity contribution >= 4 is 34.2 Å². The number of piperidine rings is 1. The van der Waals surface area contributed by atoms with Crippen LogP contribution in [0, 0.1) is 3.57 Å². The molecule has 3 rings (SSSR count). The van der Waals surface area contributed by atoms with Crippen molar-refractivity contribution in [3.8, 4) is 0 Å². The van der Waals surface area contributed by atoms with E-state index in [0.717, 1.165) is 9.26 Å². The van der Waals surface area contributed by atoms with Crippen molar-refractivity contribution in [1.82, 2.24) is 10.2 Å². The molecule has 1 amide bonds. The Morgan fingerprint density at radius 2 is 2.00 bits per heavy atom. The van der Waals surface area contributed by atoms with E-state index in [1.54, 1.807) is 0 Å². The predicted octanol–water partition coefficient (Wildman–Crippen LogP) is 2.44. The molecule has 2 atom stereocenters. The Hall–Kier alpha value is -0.660. The number of nitrogens with one attached hydrogen (secondary N) is 2. The van der Waals surface area contributed by atoms with Gasteiger partial charge in [-0.3, -0.25) is 9.69 Å². The van der Waals surface area contributed by atoms with Gasteiger partial charge in [0.15, 0.2) is 0 Å². The number of hydrogen-bond acceptors (Lipinski definition) is 3. The summed E-state index contributed by atoms with van der Waals surface area (Å²) in [4.78, 5) is 14.4. The van der Waals surface area contributed by atoms with Crippen LogP contribution in [0.3, 0.4) is 0 Å². The lowest BCUT2D eigenvalue weighted by molar-refractivity contribution is -0.117. The third-order valence-corrected chi connectivity index (χ3v) is 5.55. The van der Waals surface area contributed by atoms with Crippen LogP contribution in [0.4, 0.5) is 5.69 Å². The molecule has 2 fully saturated rings. The fourth-order valence-corrected chi connectivity index (χ4v) is 4.02. The van der Waals surface area contributed by atoms with Gasteiger partial charge in [-0.15, -0.1) is 0 Å². The quantitative estimate of drug-likeness (QED) is 0.765.